The van der Waals surface area contributed by atoms with E-state index in [-0.39, 0.29) is 0 Å². The second-order valence-electron chi connectivity index (χ2n) is 6.35. The van der Waals surface area contributed by atoms with Crippen molar-refractivity contribution in [2.24, 2.45) is 5.73 Å². The molecular formula is C16H19N5O2. The normalized spacial score (nSPS) is 16.5. The monoisotopic (exact) mass is 313 g/mol. The van der Waals surface area contributed by atoms with E-state index in [2.05, 4.69) is 15.3 Å². The Hall–Kier alpha value is -2.41. The summed E-state index contributed by atoms with van der Waals surface area (Å²) in [4.78, 5) is 4.53. The summed E-state index contributed by atoms with van der Waals surface area (Å²) in [5, 5.41) is 8.17. The van der Waals surface area contributed by atoms with Gasteiger partial charge < -0.3 is 14.8 Å². The smallest absolute Gasteiger partial charge is 0.259 e. The molecule has 1 aliphatic carbocycles. The van der Waals surface area contributed by atoms with Gasteiger partial charge in [-0.15, -0.1) is 0 Å². The predicted octanol–water partition coefficient (Wildman–Crippen LogP) is 2.78. The minimum Gasteiger partial charge on any atom is -0.360 e. The van der Waals surface area contributed by atoms with Crippen molar-refractivity contribution in [3.63, 3.8) is 0 Å². The highest BCUT2D eigenvalue weighted by Gasteiger charge is 2.39. The largest absolute Gasteiger partial charge is 0.360 e. The van der Waals surface area contributed by atoms with Gasteiger partial charge in [0, 0.05) is 17.5 Å². The van der Waals surface area contributed by atoms with Crippen LogP contribution in [-0.4, -0.2) is 19.9 Å². The van der Waals surface area contributed by atoms with Gasteiger partial charge in [0.05, 0.1) is 11.1 Å². The zero-order chi connectivity index (χ0) is 16.2. The Labute approximate surface area is 133 Å². The zero-order valence-corrected chi connectivity index (χ0v) is 13.5. The minimum absolute atomic E-state index is 0.420. The number of aryl methyl sites for hydroxylation is 2. The van der Waals surface area contributed by atoms with Gasteiger partial charge in [-0.1, -0.05) is 10.3 Å². The van der Waals surface area contributed by atoms with Crippen LogP contribution in [0.3, 0.4) is 0 Å². The molecular weight excluding hydrogens is 294 g/mol. The van der Waals surface area contributed by atoms with Crippen molar-refractivity contribution < 1.29 is 9.05 Å². The lowest BCUT2D eigenvalue weighted by Crippen LogP contribution is -2.44. The molecule has 0 saturated heterocycles. The first-order chi connectivity index (χ1) is 11.0. The first-order valence-electron chi connectivity index (χ1n) is 7.74. The number of rotatable bonds is 3. The molecule has 3 aromatic heterocycles. The van der Waals surface area contributed by atoms with Crippen LogP contribution in [0.15, 0.2) is 21.2 Å². The zero-order valence-electron chi connectivity index (χ0n) is 13.5. The van der Waals surface area contributed by atoms with Gasteiger partial charge in [0.2, 0.25) is 0 Å². The van der Waals surface area contributed by atoms with Crippen LogP contribution in [-0.2, 0) is 5.54 Å². The van der Waals surface area contributed by atoms with E-state index < -0.39 is 5.54 Å². The molecule has 0 spiro atoms. The van der Waals surface area contributed by atoms with Crippen molar-refractivity contribution in [2.75, 3.05) is 0 Å². The summed E-state index contributed by atoms with van der Waals surface area (Å²) in [6, 6.07) is 3.91. The Bertz CT molecular complexity index is 869. The van der Waals surface area contributed by atoms with E-state index in [9.17, 15) is 0 Å². The second-order valence-corrected chi connectivity index (χ2v) is 6.35. The standard InChI is InChI=1S/C16H19N5O2/c1-9-7-12(11(3)21(9)13-8-10(2)22-19-13)14-18-15(20-23-14)16(17)5-4-6-16/h7-8H,4-6,17H2,1-3H3. The summed E-state index contributed by atoms with van der Waals surface area (Å²) in [6.45, 7) is 5.88. The lowest BCUT2D eigenvalue weighted by Gasteiger charge is -2.34. The van der Waals surface area contributed by atoms with E-state index in [1.54, 1.807) is 0 Å². The van der Waals surface area contributed by atoms with Gasteiger partial charge in [-0.2, -0.15) is 4.98 Å². The van der Waals surface area contributed by atoms with E-state index in [1.165, 1.54) is 0 Å². The maximum Gasteiger partial charge on any atom is 0.259 e. The SMILES string of the molecule is Cc1cc(-n2c(C)cc(-c3nc(C4(N)CCC4)no3)c2C)no1. The molecule has 0 unspecified atom stereocenters. The maximum atomic E-state index is 6.27. The molecule has 120 valence electrons. The molecule has 0 aliphatic heterocycles. The first kappa shape index (κ1) is 14.2. The van der Waals surface area contributed by atoms with E-state index in [4.69, 9.17) is 14.8 Å². The molecule has 3 heterocycles. The Morgan fingerprint density at radius 2 is 1.91 bits per heavy atom. The second kappa shape index (κ2) is 4.79. The molecule has 7 nitrogen and oxygen atoms in total. The van der Waals surface area contributed by atoms with Crippen LogP contribution in [0.1, 0.15) is 42.2 Å². The third kappa shape index (κ3) is 2.11. The molecule has 0 bridgehead atoms. The Morgan fingerprint density at radius 1 is 1.13 bits per heavy atom. The van der Waals surface area contributed by atoms with Crippen LogP contribution < -0.4 is 5.73 Å². The van der Waals surface area contributed by atoms with Crippen LogP contribution in [0, 0.1) is 20.8 Å². The number of hydrogen-bond donors (Lipinski definition) is 1. The van der Waals surface area contributed by atoms with Gasteiger partial charge in [-0.3, -0.25) is 4.57 Å². The van der Waals surface area contributed by atoms with Crippen LogP contribution in [0.2, 0.25) is 0 Å². The average molecular weight is 313 g/mol. The molecule has 0 aromatic carbocycles. The number of aromatic nitrogens is 4. The number of hydrogen-bond acceptors (Lipinski definition) is 6. The molecule has 1 saturated carbocycles. The molecule has 2 N–H and O–H groups in total. The van der Waals surface area contributed by atoms with E-state index >= 15 is 0 Å². The molecule has 7 heteroatoms. The molecule has 3 aromatic rings. The summed E-state index contributed by atoms with van der Waals surface area (Å²) in [7, 11) is 0. The Balaban J connectivity index is 1.76. The van der Waals surface area contributed by atoms with Crippen molar-refractivity contribution >= 4 is 0 Å². The van der Waals surface area contributed by atoms with Crippen LogP contribution in [0.4, 0.5) is 0 Å². The van der Waals surface area contributed by atoms with Gasteiger partial charge in [-0.25, -0.2) is 0 Å². The third-order valence-corrected chi connectivity index (χ3v) is 4.62. The molecule has 1 aliphatic rings. The number of nitrogens with zero attached hydrogens (tertiary/aromatic N) is 4. The fourth-order valence-electron chi connectivity index (χ4n) is 3.11. The minimum atomic E-state index is -0.420. The van der Waals surface area contributed by atoms with Gasteiger partial charge >= 0.3 is 0 Å². The van der Waals surface area contributed by atoms with Crippen molar-refractivity contribution in [2.45, 2.75) is 45.6 Å². The molecule has 0 atom stereocenters. The van der Waals surface area contributed by atoms with Crippen molar-refractivity contribution in [3.8, 4) is 17.3 Å². The lowest BCUT2D eigenvalue weighted by atomic mass is 9.77. The molecule has 0 radical (unpaired) electrons. The highest BCUT2D eigenvalue weighted by Crippen LogP contribution is 2.38. The Kier molecular flexibility index (Phi) is 2.96. The summed E-state index contributed by atoms with van der Waals surface area (Å²) in [5.41, 5.74) is 8.75. The highest BCUT2D eigenvalue weighted by molar-refractivity contribution is 5.60. The fourth-order valence-corrected chi connectivity index (χ4v) is 3.11. The average Bonchev–Trinajstić information content (AvgIpc) is 3.16. The summed E-state index contributed by atoms with van der Waals surface area (Å²) in [5.74, 6) is 2.61. The first-order valence-corrected chi connectivity index (χ1v) is 7.74. The van der Waals surface area contributed by atoms with Crippen LogP contribution in [0.25, 0.3) is 17.3 Å². The Morgan fingerprint density at radius 3 is 2.52 bits per heavy atom. The van der Waals surface area contributed by atoms with Crippen molar-refractivity contribution in [1.82, 2.24) is 19.9 Å². The molecule has 4 rings (SSSR count). The van der Waals surface area contributed by atoms with Crippen LogP contribution >= 0.6 is 0 Å². The van der Waals surface area contributed by atoms with E-state index in [0.717, 1.165) is 47.8 Å². The molecule has 0 amide bonds. The maximum absolute atomic E-state index is 6.27. The lowest BCUT2D eigenvalue weighted by molar-refractivity contribution is 0.229. The van der Waals surface area contributed by atoms with Gasteiger partial charge in [0.25, 0.3) is 5.89 Å². The van der Waals surface area contributed by atoms with E-state index in [1.807, 2.05) is 37.5 Å². The number of nitrogens with two attached hydrogens (primary N) is 1. The van der Waals surface area contributed by atoms with Crippen molar-refractivity contribution in [3.05, 3.63) is 35.1 Å². The van der Waals surface area contributed by atoms with Gasteiger partial charge in [0.15, 0.2) is 11.6 Å². The topological polar surface area (TPSA) is 95.9 Å². The van der Waals surface area contributed by atoms with Gasteiger partial charge in [0.1, 0.15) is 5.76 Å². The van der Waals surface area contributed by atoms with E-state index in [0.29, 0.717) is 11.7 Å². The summed E-state index contributed by atoms with van der Waals surface area (Å²) < 4.78 is 12.7. The molecule has 23 heavy (non-hydrogen) atoms. The summed E-state index contributed by atoms with van der Waals surface area (Å²) in [6.07, 6.45) is 2.92. The predicted molar refractivity (Wildman–Crippen MR) is 83.0 cm³/mol. The fraction of sp³-hybridized carbons (Fsp3) is 0.438. The third-order valence-electron chi connectivity index (χ3n) is 4.62. The quantitative estimate of drug-likeness (QED) is 0.798. The van der Waals surface area contributed by atoms with Crippen molar-refractivity contribution in [1.29, 1.82) is 0 Å². The summed E-state index contributed by atoms with van der Waals surface area (Å²) >= 11 is 0. The van der Waals surface area contributed by atoms with Crippen LogP contribution in [0.5, 0.6) is 0 Å². The highest BCUT2D eigenvalue weighted by atomic mass is 16.5. The molecule has 1 fully saturated rings. The van der Waals surface area contributed by atoms with Gasteiger partial charge in [-0.05, 0) is 46.1 Å².